The van der Waals surface area contributed by atoms with Crippen molar-refractivity contribution in [2.24, 2.45) is 0 Å². The van der Waals surface area contributed by atoms with Crippen LogP contribution in [0.25, 0.3) is 0 Å². The third kappa shape index (κ3) is 7.53. The molecule has 0 unspecified atom stereocenters. The summed E-state index contributed by atoms with van der Waals surface area (Å²) in [5, 5.41) is 3.01. The zero-order valence-electron chi connectivity index (χ0n) is 15.3. The summed E-state index contributed by atoms with van der Waals surface area (Å²) in [5.41, 5.74) is -0.419. The Hall–Kier alpha value is -0.810. The van der Waals surface area contributed by atoms with Crippen molar-refractivity contribution in [3.8, 4) is 0 Å². The first kappa shape index (κ1) is 18.5. The molecule has 0 aliphatic carbocycles. The normalized spacial score (nSPS) is 22.6. The quantitative estimate of drug-likeness (QED) is 0.863. The van der Waals surface area contributed by atoms with Crippen molar-refractivity contribution in [3.05, 3.63) is 0 Å². The van der Waals surface area contributed by atoms with Gasteiger partial charge in [0.1, 0.15) is 5.60 Å². The fraction of sp³-hybridized carbons (Fsp3) is 0.944. The SMILES string of the molecule is CC(C)(C)OC(=O)NC1CCN(CCN2CCCCCC2)CC1. The summed E-state index contributed by atoms with van der Waals surface area (Å²) in [7, 11) is 0. The van der Waals surface area contributed by atoms with Crippen molar-refractivity contribution in [1.82, 2.24) is 15.1 Å². The first-order chi connectivity index (χ1) is 10.9. The number of hydrogen-bond acceptors (Lipinski definition) is 4. The Morgan fingerprint density at radius 2 is 1.48 bits per heavy atom. The summed E-state index contributed by atoms with van der Waals surface area (Å²) in [6, 6.07) is 0.263. The summed E-state index contributed by atoms with van der Waals surface area (Å²) in [6.45, 7) is 12.8. The van der Waals surface area contributed by atoms with E-state index in [2.05, 4.69) is 15.1 Å². The van der Waals surface area contributed by atoms with Crippen LogP contribution in [-0.4, -0.2) is 66.8 Å². The second-order valence-corrected chi connectivity index (χ2v) is 8.02. The second kappa shape index (κ2) is 8.88. The highest BCUT2D eigenvalue weighted by molar-refractivity contribution is 5.68. The number of likely N-dealkylation sites (tertiary alicyclic amines) is 2. The van der Waals surface area contributed by atoms with Gasteiger partial charge in [-0.2, -0.15) is 0 Å². The molecule has 0 atom stereocenters. The van der Waals surface area contributed by atoms with E-state index in [0.29, 0.717) is 0 Å². The van der Waals surface area contributed by atoms with E-state index in [0.717, 1.165) is 25.9 Å². The lowest BCUT2D eigenvalue weighted by molar-refractivity contribution is 0.0477. The highest BCUT2D eigenvalue weighted by atomic mass is 16.6. The average molecular weight is 325 g/mol. The van der Waals surface area contributed by atoms with Crippen LogP contribution in [0.2, 0.25) is 0 Å². The lowest BCUT2D eigenvalue weighted by Gasteiger charge is -2.34. The van der Waals surface area contributed by atoms with Gasteiger partial charge in [-0.1, -0.05) is 12.8 Å². The molecule has 0 radical (unpaired) electrons. The summed E-state index contributed by atoms with van der Waals surface area (Å²) in [5.74, 6) is 0. The van der Waals surface area contributed by atoms with E-state index in [1.165, 1.54) is 51.9 Å². The predicted molar refractivity (Wildman–Crippen MR) is 93.7 cm³/mol. The van der Waals surface area contributed by atoms with E-state index in [4.69, 9.17) is 4.74 Å². The minimum Gasteiger partial charge on any atom is -0.444 e. The molecule has 23 heavy (non-hydrogen) atoms. The average Bonchev–Trinajstić information content (AvgIpc) is 2.73. The van der Waals surface area contributed by atoms with E-state index in [1.807, 2.05) is 20.8 Å². The monoisotopic (exact) mass is 325 g/mol. The van der Waals surface area contributed by atoms with Gasteiger partial charge in [0.15, 0.2) is 0 Å². The fourth-order valence-electron chi connectivity index (χ4n) is 3.42. The van der Waals surface area contributed by atoms with Gasteiger partial charge in [-0.25, -0.2) is 4.79 Å². The van der Waals surface area contributed by atoms with Crippen molar-refractivity contribution in [3.63, 3.8) is 0 Å². The Labute approximate surface area is 141 Å². The van der Waals surface area contributed by atoms with Crippen molar-refractivity contribution < 1.29 is 9.53 Å². The van der Waals surface area contributed by atoms with Crippen molar-refractivity contribution >= 4 is 6.09 Å². The number of alkyl carbamates (subject to hydrolysis) is 1. The maximum Gasteiger partial charge on any atom is 0.407 e. The Balaban J connectivity index is 1.61. The van der Waals surface area contributed by atoms with Crippen LogP contribution in [-0.2, 0) is 4.74 Å². The third-order valence-electron chi connectivity index (χ3n) is 4.74. The Morgan fingerprint density at radius 3 is 2.00 bits per heavy atom. The highest BCUT2D eigenvalue weighted by Gasteiger charge is 2.23. The molecule has 2 aliphatic rings. The lowest BCUT2D eigenvalue weighted by atomic mass is 10.1. The molecule has 134 valence electrons. The van der Waals surface area contributed by atoms with Gasteiger partial charge in [0.2, 0.25) is 0 Å². The van der Waals surface area contributed by atoms with Gasteiger partial charge < -0.3 is 19.9 Å². The van der Waals surface area contributed by atoms with Gasteiger partial charge >= 0.3 is 6.09 Å². The molecular formula is C18H35N3O2. The molecule has 0 bridgehead atoms. The predicted octanol–water partition coefficient (Wildman–Crippen LogP) is 2.85. The minimum atomic E-state index is -0.419. The van der Waals surface area contributed by atoms with Crippen LogP contribution >= 0.6 is 0 Å². The Morgan fingerprint density at radius 1 is 0.957 bits per heavy atom. The molecule has 5 nitrogen and oxygen atoms in total. The van der Waals surface area contributed by atoms with Gasteiger partial charge in [0.05, 0.1) is 0 Å². The first-order valence-electron chi connectivity index (χ1n) is 9.36. The Bertz CT molecular complexity index is 352. The maximum atomic E-state index is 11.8. The molecule has 2 rings (SSSR count). The first-order valence-corrected chi connectivity index (χ1v) is 9.36. The molecule has 1 N–H and O–H groups in total. The van der Waals surface area contributed by atoms with Crippen LogP contribution in [0.5, 0.6) is 0 Å². The zero-order valence-corrected chi connectivity index (χ0v) is 15.3. The number of piperidine rings is 1. The largest absolute Gasteiger partial charge is 0.444 e. The zero-order chi connectivity index (χ0) is 16.7. The molecule has 2 saturated heterocycles. The van der Waals surface area contributed by atoms with E-state index in [9.17, 15) is 4.79 Å². The number of nitrogens with one attached hydrogen (secondary N) is 1. The van der Waals surface area contributed by atoms with Crippen LogP contribution in [0.15, 0.2) is 0 Å². The van der Waals surface area contributed by atoms with Gasteiger partial charge in [-0.3, -0.25) is 0 Å². The number of nitrogens with zero attached hydrogens (tertiary/aromatic N) is 2. The summed E-state index contributed by atoms with van der Waals surface area (Å²) >= 11 is 0. The summed E-state index contributed by atoms with van der Waals surface area (Å²) in [4.78, 5) is 17.0. The highest BCUT2D eigenvalue weighted by Crippen LogP contribution is 2.14. The number of carbonyl (C=O) groups is 1. The van der Waals surface area contributed by atoms with Gasteiger partial charge in [0, 0.05) is 32.2 Å². The standard InChI is InChI=1S/C18H35N3O2/c1-18(2,3)23-17(22)19-16-8-12-21(13-9-16)15-14-20-10-6-4-5-7-11-20/h16H,4-15H2,1-3H3,(H,19,22). The van der Waals surface area contributed by atoms with Gasteiger partial charge in [-0.05, 0) is 59.5 Å². The molecule has 5 heteroatoms. The molecule has 0 spiro atoms. The van der Waals surface area contributed by atoms with Crippen molar-refractivity contribution in [1.29, 1.82) is 0 Å². The van der Waals surface area contributed by atoms with Crippen molar-refractivity contribution in [2.75, 3.05) is 39.3 Å². The number of hydrogen-bond donors (Lipinski definition) is 1. The molecule has 2 aliphatic heterocycles. The maximum absolute atomic E-state index is 11.8. The number of rotatable bonds is 4. The van der Waals surface area contributed by atoms with Crippen LogP contribution < -0.4 is 5.32 Å². The van der Waals surface area contributed by atoms with E-state index in [1.54, 1.807) is 0 Å². The third-order valence-corrected chi connectivity index (χ3v) is 4.74. The van der Waals surface area contributed by atoms with E-state index < -0.39 is 5.60 Å². The topological polar surface area (TPSA) is 44.8 Å². The van der Waals surface area contributed by atoms with E-state index in [-0.39, 0.29) is 12.1 Å². The number of amides is 1. The van der Waals surface area contributed by atoms with E-state index >= 15 is 0 Å². The molecule has 0 aromatic rings. The molecular weight excluding hydrogens is 290 g/mol. The molecule has 0 aromatic heterocycles. The second-order valence-electron chi connectivity index (χ2n) is 8.02. The molecule has 2 fully saturated rings. The van der Waals surface area contributed by atoms with Gasteiger partial charge in [0.25, 0.3) is 0 Å². The number of ether oxygens (including phenoxy) is 1. The van der Waals surface area contributed by atoms with Crippen molar-refractivity contribution in [2.45, 2.75) is 70.9 Å². The smallest absolute Gasteiger partial charge is 0.407 e. The fourth-order valence-corrected chi connectivity index (χ4v) is 3.42. The van der Waals surface area contributed by atoms with Gasteiger partial charge in [-0.15, -0.1) is 0 Å². The Kier molecular flexibility index (Phi) is 7.15. The lowest BCUT2D eigenvalue weighted by Crippen LogP contribution is -2.47. The molecule has 1 amide bonds. The van der Waals surface area contributed by atoms with Crippen LogP contribution in [0.4, 0.5) is 4.79 Å². The molecule has 2 heterocycles. The van der Waals surface area contributed by atoms with Crippen LogP contribution in [0.3, 0.4) is 0 Å². The number of carbonyl (C=O) groups excluding carboxylic acids is 1. The molecule has 0 saturated carbocycles. The minimum absolute atomic E-state index is 0.263. The molecule has 0 aromatic carbocycles. The van der Waals surface area contributed by atoms with Crippen LogP contribution in [0, 0.1) is 0 Å². The summed E-state index contributed by atoms with van der Waals surface area (Å²) < 4.78 is 5.34. The summed E-state index contributed by atoms with van der Waals surface area (Å²) in [6.07, 6.45) is 7.30. The van der Waals surface area contributed by atoms with Crippen LogP contribution in [0.1, 0.15) is 59.3 Å².